The summed E-state index contributed by atoms with van der Waals surface area (Å²) >= 11 is 0. The zero-order valence-electron chi connectivity index (χ0n) is 14.2. The van der Waals surface area contributed by atoms with Gasteiger partial charge in [0, 0.05) is 26.3 Å². The molecule has 0 bridgehead atoms. The standard InChI is InChI=1S/C19H23FN2O2/c1-13-7-8-15(17(9-13)22(2)3)12-21-19(24)11-18(23)14-5-4-6-16(20)10-14/h4-10,18,23H,11-12H2,1-3H3,(H,21,24)/t18-/m1/s1. The van der Waals surface area contributed by atoms with Crippen molar-refractivity contribution in [2.75, 3.05) is 19.0 Å². The Morgan fingerprint density at radius 1 is 1.25 bits per heavy atom. The molecule has 0 spiro atoms. The Balaban J connectivity index is 1.96. The summed E-state index contributed by atoms with van der Waals surface area (Å²) in [7, 11) is 3.90. The fraction of sp³-hybridized carbons (Fsp3) is 0.316. The Kier molecular flexibility index (Phi) is 5.93. The number of nitrogens with zero attached hydrogens (tertiary/aromatic N) is 1. The van der Waals surface area contributed by atoms with Gasteiger partial charge in [-0.05, 0) is 41.8 Å². The topological polar surface area (TPSA) is 52.6 Å². The van der Waals surface area contributed by atoms with E-state index in [-0.39, 0.29) is 12.3 Å². The number of aryl methyl sites for hydroxylation is 1. The van der Waals surface area contributed by atoms with Crippen molar-refractivity contribution in [3.8, 4) is 0 Å². The molecule has 0 heterocycles. The molecule has 2 aromatic rings. The zero-order chi connectivity index (χ0) is 17.7. The van der Waals surface area contributed by atoms with Crippen LogP contribution in [0, 0.1) is 12.7 Å². The third-order valence-corrected chi connectivity index (χ3v) is 3.81. The molecule has 24 heavy (non-hydrogen) atoms. The number of carbonyl (C=O) groups is 1. The van der Waals surface area contributed by atoms with E-state index in [1.165, 1.54) is 18.2 Å². The van der Waals surface area contributed by atoms with E-state index in [0.717, 1.165) is 16.8 Å². The molecule has 0 fully saturated rings. The molecule has 0 saturated heterocycles. The minimum atomic E-state index is -1.02. The molecule has 0 aliphatic heterocycles. The second kappa shape index (κ2) is 7.93. The van der Waals surface area contributed by atoms with Gasteiger partial charge in [0.15, 0.2) is 0 Å². The first kappa shape index (κ1) is 17.9. The lowest BCUT2D eigenvalue weighted by atomic mass is 10.1. The lowest BCUT2D eigenvalue weighted by Crippen LogP contribution is -2.25. The summed E-state index contributed by atoms with van der Waals surface area (Å²) in [4.78, 5) is 14.1. The van der Waals surface area contributed by atoms with Gasteiger partial charge in [0.25, 0.3) is 0 Å². The van der Waals surface area contributed by atoms with Crippen molar-refractivity contribution in [1.82, 2.24) is 5.32 Å². The average molecular weight is 330 g/mol. The van der Waals surface area contributed by atoms with Crippen LogP contribution in [0.4, 0.5) is 10.1 Å². The fourth-order valence-electron chi connectivity index (χ4n) is 2.51. The van der Waals surface area contributed by atoms with Gasteiger partial charge < -0.3 is 15.3 Å². The number of halogens is 1. The Morgan fingerprint density at radius 3 is 2.67 bits per heavy atom. The number of aliphatic hydroxyl groups is 1. The normalized spacial score (nSPS) is 11.9. The highest BCUT2D eigenvalue weighted by Crippen LogP contribution is 2.21. The summed E-state index contributed by atoms with van der Waals surface area (Å²) in [6, 6.07) is 11.7. The predicted molar refractivity (Wildman–Crippen MR) is 93.3 cm³/mol. The number of rotatable bonds is 6. The smallest absolute Gasteiger partial charge is 0.223 e. The predicted octanol–water partition coefficient (Wildman–Crippen LogP) is 2.94. The maximum absolute atomic E-state index is 13.2. The van der Waals surface area contributed by atoms with Crippen LogP contribution in [0.5, 0.6) is 0 Å². The number of anilines is 1. The van der Waals surface area contributed by atoms with Gasteiger partial charge in [-0.1, -0.05) is 24.3 Å². The molecule has 0 aromatic heterocycles. The van der Waals surface area contributed by atoms with Crippen LogP contribution in [0.15, 0.2) is 42.5 Å². The van der Waals surface area contributed by atoms with Crippen molar-refractivity contribution in [3.63, 3.8) is 0 Å². The van der Waals surface area contributed by atoms with E-state index in [1.54, 1.807) is 6.07 Å². The van der Waals surface area contributed by atoms with Gasteiger partial charge in [-0.2, -0.15) is 0 Å². The maximum atomic E-state index is 13.2. The lowest BCUT2D eigenvalue weighted by Gasteiger charge is -2.19. The zero-order valence-corrected chi connectivity index (χ0v) is 14.2. The number of benzene rings is 2. The van der Waals surface area contributed by atoms with Gasteiger partial charge in [-0.15, -0.1) is 0 Å². The van der Waals surface area contributed by atoms with E-state index in [4.69, 9.17) is 0 Å². The van der Waals surface area contributed by atoms with E-state index in [0.29, 0.717) is 12.1 Å². The van der Waals surface area contributed by atoms with Crippen molar-refractivity contribution >= 4 is 11.6 Å². The van der Waals surface area contributed by atoms with Crippen molar-refractivity contribution in [1.29, 1.82) is 0 Å². The number of amides is 1. The molecule has 4 nitrogen and oxygen atoms in total. The van der Waals surface area contributed by atoms with E-state index >= 15 is 0 Å². The molecule has 0 radical (unpaired) electrons. The Bertz CT molecular complexity index is 716. The number of nitrogens with one attached hydrogen (secondary N) is 1. The minimum Gasteiger partial charge on any atom is -0.388 e. The van der Waals surface area contributed by atoms with Crippen molar-refractivity contribution in [3.05, 3.63) is 65.0 Å². The molecule has 2 aromatic carbocycles. The van der Waals surface area contributed by atoms with Gasteiger partial charge in [0.2, 0.25) is 5.91 Å². The van der Waals surface area contributed by atoms with Crippen LogP contribution in [-0.4, -0.2) is 25.1 Å². The second-order valence-electron chi connectivity index (χ2n) is 6.08. The molecular weight excluding hydrogens is 307 g/mol. The number of aliphatic hydroxyl groups excluding tert-OH is 1. The Morgan fingerprint density at radius 2 is 2.00 bits per heavy atom. The van der Waals surface area contributed by atoms with Crippen LogP contribution >= 0.6 is 0 Å². The number of hydrogen-bond acceptors (Lipinski definition) is 3. The van der Waals surface area contributed by atoms with Crippen LogP contribution in [0.1, 0.15) is 29.2 Å². The summed E-state index contributed by atoms with van der Waals surface area (Å²) in [5.41, 5.74) is 3.59. The molecule has 0 saturated carbocycles. The molecule has 2 N–H and O–H groups in total. The van der Waals surface area contributed by atoms with Gasteiger partial charge >= 0.3 is 0 Å². The summed E-state index contributed by atoms with van der Waals surface area (Å²) in [5, 5.41) is 12.9. The summed E-state index contributed by atoms with van der Waals surface area (Å²) in [5.74, 6) is -0.709. The highest BCUT2D eigenvalue weighted by molar-refractivity contribution is 5.77. The molecule has 5 heteroatoms. The van der Waals surface area contributed by atoms with E-state index in [2.05, 4.69) is 11.4 Å². The van der Waals surface area contributed by atoms with Gasteiger partial charge in [0.05, 0.1) is 12.5 Å². The lowest BCUT2D eigenvalue weighted by molar-refractivity contribution is -0.123. The Hall–Kier alpha value is -2.40. The van der Waals surface area contributed by atoms with Crippen molar-refractivity contribution in [2.45, 2.75) is 26.0 Å². The summed E-state index contributed by atoms with van der Waals surface area (Å²) in [6.45, 7) is 2.40. The monoisotopic (exact) mass is 330 g/mol. The first-order chi connectivity index (χ1) is 11.4. The number of hydrogen-bond donors (Lipinski definition) is 2. The fourth-order valence-corrected chi connectivity index (χ4v) is 2.51. The first-order valence-electron chi connectivity index (χ1n) is 7.84. The van der Waals surface area contributed by atoms with Gasteiger partial charge in [-0.25, -0.2) is 4.39 Å². The van der Waals surface area contributed by atoms with Crippen molar-refractivity contribution in [2.24, 2.45) is 0 Å². The molecule has 0 unspecified atom stereocenters. The molecule has 0 aliphatic rings. The first-order valence-corrected chi connectivity index (χ1v) is 7.84. The molecule has 1 atom stereocenters. The molecule has 128 valence electrons. The minimum absolute atomic E-state index is 0.105. The third-order valence-electron chi connectivity index (χ3n) is 3.81. The largest absolute Gasteiger partial charge is 0.388 e. The summed E-state index contributed by atoms with van der Waals surface area (Å²) < 4.78 is 13.2. The van der Waals surface area contributed by atoms with Crippen LogP contribution in [0.3, 0.4) is 0 Å². The highest BCUT2D eigenvalue weighted by Gasteiger charge is 2.14. The molecule has 2 rings (SSSR count). The second-order valence-corrected chi connectivity index (χ2v) is 6.08. The van der Waals surface area contributed by atoms with Gasteiger partial charge in [0.1, 0.15) is 5.82 Å². The third kappa shape index (κ3) is 4.80. The maximum Gasteiger partial charge on any atom is 0.223 e. The van der Waals surface area contributed by atoms with Crippen LogP contribution < -0.4 is 10.2 Å². The molecular formula is C19H23FN2O2. The molecule has 1 amide bonds. The molecule has 0 aliphatic carbocycles. The van der Waals surface area contributed by atoms with E-state index in [1.807, 2.05) is 38.1 Å². The number of carbonyl (C=O) groups excluding carboxylic acids is 1. The van der Waals surface area contributed by atoms with Gasteiger partial charge in [-0.3, -0.25) is 4.79 Å². The quantitative estimate of drug-likeness (QED) is 0.856. The van der Waals surface area contributed by atoms with Crippen LogP contribution in [0.2, 0.25) is 0 Å². The van der Waals surface area contributed by atoms with Crippen LogP contribution in [0.25, 0.3) is 0 Å². The Labute approximate surface area is 141 Å². The highest BCUT2D eigenvalue weighted by atomic mass is 19.1. The summed E-state index contributed by atoms with van der Waals surface area (Å²) in [6.07, 6.45) is -1.13. The van der Waals surface area contributed by atoms with E-state index in [9.17, 15) is 14.3 Å². The van der Waals surface area contributed by atoms with Crippen molar-refractivity contribution < 1.29 is 14.3 Å². The average Bonchev–Trinajstić information content (AvgIpc) is 2.53. The van der Waals surface area contributed by atoms with E-state index < -0.39 is 11.9 Å². The SMILES string of the molecule is Cc1ccc(CNC(=O)C[C@@H](O)c2cccc(F)c2)c(N(C)C)c1. The van der Waals surface area contributed by atoms with Crippen LogP contribution in [-0.2, 0) is 11.3 Å².